The number of hydrogen-bond acceptors (Lipinski definition) is 7. The maximum atomic E-state index is 12.7. The second-order valence-electron chi connectivity index (χ2n) is 7.13. The van der Waals surface area contributed by atoms with Crippen molar-refractivity contribution in [3.8, 4) is 0 Å². The number of carbonyl (C=O) groups is 1. The minimum Gasteiger partial charge on any atom is -0.378 e. The summed E-state index contributed by atoms with van der Waals surface area (Å²) in [6, 6.07) is 7.84. The van der Waals surface area contributed by atoms with E-state index in [-0.39, 0.29) is 5.91 Å². The molecule has 1 aromatic heterocycles. The molecule has 0 atom stereocenters. The molecular weight excluding hydrogens is 356 g/mol. The molecule has 3 heterocycles. The second kappa shape index (κ2) is 8.53. The standard InChI is InChI=1S/C20H26N6O2/c1-24-6-8-26(9-7-24)20-21-14-16(15-22-20)19(27)23-17-4-2-3-5-18(17)25-10-12-28-13-11-25/h2-5,14-15H,6-13H2,1H3,(H,23,27). The number of amides is 1. The van der Waals surface area contributed by atoms with Gasteiger partial charge in [0.2, 0.25) is 5.95 Å². The van der Waals surface area contributed by atoms with Crippen molar-refractivity contribution in [3.63, 3.8) is 0 Å². The number of carbonyl (C=O) groups excluding carboxylic acids is 1. The molecule has 2 aliphatic heterocycles. The zero-order valence-corrected chi connectivity index (χ0v) is 16.2. The lowest BCUT2D eigenvalue weighted by Crippen LogP contribution is -2.45. The number of likely N-dealkylation sites (N-methyl/N-ethyl adjacent to an activating group) is 1. The summed E-state index contributed by atoms with van der Waals surface area (Å²) in [7, 11) is 2.11. The summed E-state index contributed by atoms with van der Waals surface area (Å²) in [5, 5.41) is 3.01. The topological polar surface area (TPSA) is 73.8 Å². The molecule has 1 aromatic carbocycles. The summed E-state index contributed by atoms with van der Waals surface area (Å²) in [6.07, 6.45) is 3.21. The lowest BCUT2D eigenvalue weighted by molar-refractivity contribution is 0.102. The fraction of sp³-hybridized carbons (Fsp3) is 0.450. The summed E-state index contributed by atoms with van der Waals surface area (Å²) in [5.41, 5.74) is 2.25. The van der Waals surface area contributed by atoms with Gasteiger partial charge in [-0.15, -0.1) is 0 Å². The van der Waals surface area contributed by atoms with E-state index in [4.69, 9.17) is 4.74 Å². The Hall–Kier alpha value is -2.71. The van der Waals surface area contributed by atoms with E-state index in [0.29, 0.717) is 24.7 Å². The average Bonchev–Trinajstić information content (AvgIpc) is 2.75. The lowest BCUT2D eigenvalue weighted by atomic mass is 10.2. The average molecular weight is 382 g/mol. The van der Waals surface area contributed by atoms with Gasteiger partial charge in [-0.25, -0.2) is 9.97 Å². The van der Waals surface area contributed by atoms with Crippen molar-refractivity contribution in [2.45, 2.75) is 0 Å². The maximum Gasteiger partial charge on any atom is 0.258 e. The van der Waals surface area contributed by atoms with Gasteiger partial charge in [-0.05, 0) is 19.2 Å². The third kappa shape index (κ3) is 4.23. The van der Waals surface area contributed by atoms with Crippen molar-refractivity contribution in [3.05, 3.63) is 42.2 Å². The summed E-state index contributed by atoms with van der Waals surface area (Å²) in [5.74, 6) is 0.476. The molecule has 4 rings (SSSR count). The van der Waals surface area contributed by atoms with Crippen LogP contribution in [0.15, 0.2) is 36.7 Å². The van der Waals surface area contributed by atoms with Crippen LogP contribution < -0.4 is 15.1 Å². The van der Waals surface area contributed by atoms with E-state index in [0.717, 1.165) is 50.6 Å². The molecule has 0 unspecified atom stereocenters. The highest BCUT2D eigenvalue weighted by atomic mass is 16.5. The smallest absolute Gasteiger partial charge is 0.258 e. The molecule has 28 heavy (non-hydrogen) atoms. The van der Waals surface area contributed by atoms with Gasteiger partial charge in [-0.1, -0.05) is 12.1 Å². The van der Waals surface area contributed by atoms with E-state index in [1.54, 1.807) is 12.4 Å². The summed E-state index contributed by atoms with van der Waals surface area (Å²) < 4.78 is 5.43. The van der Waals surface area contributed by atoms with E-state index in [2.05, 4.69) is 37.0 Å². The minimum atomic E-state index is -0.203. The van der Waals surface area contributed by atoms with E-state index >= 15 is 0 Å². The lowest BCUT2D eigenvalue weighted by Gasteiger charge is -2.32. The predicted octanol–water partition coefficient (Wildman–Crippen LogP) is 1.32. The Labute approximate surface area is 165 Å². The molecule has 8 heteroatoms. The Bertz CT molecular complexity index is 799. The second-order valence-corrected chi connectivity index (χ2v) is 7.13. The number of rotatable bonds is 4. The molecule has 0 aliphatic carbocycles. The third-order valence-corrected chi connectivity index (χ3v) is 5.19. The van der Waals surface area contributed by atoms with E-state index in [1.165, 1.54) is 0 Å². The van der Waals surface area contributed by atoms with Crippen LogP contribution in [-0.2, 0) is 4.74 Å². The van der Waals surface area contributed by atoms with Crippen LogP contribution in [-0.4, -0.2) is 80.3 Å². The molecule has 1 amide bonds. The van der Waals surface area contributed by atoms with E-state index < -0.39 is 0 Å². The number of para-hydroxylation sites is 2. The zero-order valence-electron chi connectivity index (χ0n) is 16.2. The number of aromatic nitrogens is 2. The van der Waals surface area contributed by atoms with Crippen LogP contribution in [0.25, 0.3) is 0 Å². The normalized spacial score (nSPS) is 18.2. The zero-order chi connectivity index (χ0) is 19.3. The van der Waals surface area contributed by atoms with Crippen LogP contribution in [0.5, 0.6) is 0 Å². The van der Waals surface area contributed by atoms with Gasteiger partial charge in [0.25, 0.3) is 5.91 Å². The first kappa shape index (κ1) is 18.6. The number of anilines is 3. The maximum absolute atomic E-state index is 12.7. The first-order valence-corrected chi connectivity index (χ1v) is 9.69. The molecule has 1 N–H and O–H groups in total. The number of nitrogens with zero attached hydrogens (tertiary/aromatic N) is 5. The van der Waals surface area contributed by atoms with E-state index in [1.807, 2.05) is 24.3 Å². The summed E-state index contributed by atoms with van der Waals surface area (Å²) in [6.45, 7) is 6.80. The minimum absolute atomic E-state index is 0.203. The van der Waals surface area contributed by atoms with Crippen molar-refractivity contribution in [1.29, 1.82) is 0 Å². The molecule has 8 nitrogen and oxygen atoms in total. The first-order chi connectivity index (χ1) is 13.7. The van der Waals surface area contributed by atoms with Crippen LogP contribution in [0.3, 0.4) is 0 Å². The van der Waals surface area contributed by atoms with Gasteiger partial charge in [0.05, 0.1) is 30.2 Å². The fourth-order valence-electron chi connectivity index (χ4n) is 3.46. The number of nitrogens with one attached hydrogen (secondary N) is 1. The van der Waals surface area contributed by atoms with Crippen molar-refractivity contribution in [2.75, 3.05) is 74.6 Å². The molecule has 2 aliphatic rings. The highest BCUT2D eigenvalue weighted by molar-refractivity contribution is 6.05. The molecule has 0 spiro atoms. The molecule has 2 saturated heterocycles. The van der Waals surface area contributed by atoms with Gasteiger partial charge in [0.15, 0.2) is 0 Å². The molecule has 0 bridgehead atoms. The van der Waals surface area contributed by atoms with Gasteiger partial charge in [0.1, 0.15) is 0 Å². The van der Waals surface area contributed by atoms with Crippen LogP contribution >= 0.6 is 0 Å². The Kier molecular flexibility index (Phi) is 5.68. The monoisotopic (exact) mass is 382 g/mol. The van der Waals surface area contributed by atoms with E-state index in [9.17, 15) is 4.79 Å². The highest BCUT2D eigenvalue weighted by Crippen LogP contribution is 2.26. The third-order valence-electron chi connectivity index (χ3n) is 5.19. The molecule has 2 fully saturated rings. The SMILES string of the molecule is CN1CCN(c2ncc(C(=O)Nc3ccccc3N3CCOCC3)cn2)CC1. The number of piperazine rings is 1. The Morgan fingerprint density at radius 2 is 1.64 bits per heavy atom. The molecule has 0 saturated carbocycles. The van der Waals surface area contributed by atoms with Crippen molar-refractivity contribution < 1.29 is 9.53 Å². The Balaban J connectivity index is 1.44. The van der Waals surface area contributed by atoms with Gasteiger partial charge in [-0.3, -0.25) is 4.79 Å². The molecule has 0 radical (unpaired) electrons. The largest absolute Gasteiger partial charge is 0.378 e. The van der Waals surface area contributed by atoms with Crippen molar-refractivity contribution in [2.24, 2.45) is 0 Å². The predicted molar refractivity (Wildman–Crippen MR) is 109 cm³/mol. The number of ether oxygens (including phenoxy) is 1. The van der Waals surface area contributed by atoms with Gasteiger partial charge >= 0.3 is 0 Å². The van der Waals surface area contributed by atoms with Crippen molar-refractivity contribution >= 4 is 23.2 Å². The van der Waals surface area contributed by atoms with Crippen LogP contribution in [0.2, 0.25) is 0 Å². The van der Waals surface area contributed by atoms with Gasteiger partial charge in [-0.2, -0.15) is 0 Å². The fourth-order valence-corrected chi connectivity index (χ4v) is 3.46. The Morgan fingerprint density at radius 3 is 2.36 bits per heavy atom. The number of hydrogen-bond donors (Lipinski definition) is 1. The summed E-state index contributed by atoms with van der Waals surface area (Å²) >= 11 is 0. The van der Waals surface area contributed by atoms with Crippen LogP contribution in [0.1, 0.15) is 10.4 Å². The first-order valence-electron chi connectivity index (χ1n) is 9.69. The molecular formula is C20H26N6O2. The number of morpholine rings is 1. The summed E-state index contributed by atoms with van der Waals surface area (Å²) in [4.78, 5) is 28.2. The van der Waals surface area contributed by atoms with Gasteiger partial charge < -0.3 is 24.8 Å². The number of benzene rings is 1. The van der Waals surface area contributed by atoms with Crippen LogP contribution in [0, 0.1) is 0 Å². The van der Waals surface area contributed by atoms with Gasteiger partial charge in [0, 0.05) is 51.7 Å². The highest BCUT2D eigenvalue weighted by Gasteiger charge is 2.19. The molecule has 148 valence electrons. The quantitative estimate of drug-likeness (QED) is 0.855. The Morgan fingerprint density at radius 1 is 0.964 bits per heavy atom. The van der Waals surface area contributed by atoms with Crippen LogP contribution in [0.4, 0.5) is 17.3 Å². The van der Waals surface area contributed by atoms with Crippen molar-refractivity contribution in [1.82, 2.24) is 14.9 Å². The molecule has 2 aromatic rings.